The molecule has 0 bridgehead atoms. The van der Waals surface area contributed by atoms with Crippen LogP contribution < -0.4 is 10.5 Å². The van der Waals surface area contributed by atoms with Gasteiger partial charge in [0.2, 0.25) is 17.4 Å². The quantitative estimate of drug-likeness (QED) is 0.487. The van der Waals surface area contributed by atoms with Crippen LogP contribution in [0.1, 0.15) is 0 Å². The first kappa shape index (κ1) is 14.2. The van der Waals surface area contributed by atoms with E-state index in [1.54, 1.807) is 0 Å². The molecule has 0 unspecified atom stereocenters. The van der Waals surface area contributed by atoms with Crippen molar-refractivity contribution >= 4 is 16.2 Å². The van der Waals surface area contributed by atoms with Gasteiger partial charge >= 0.3 is 6.09 Å². The van der Waals surface area contributed by atoms with Crippen LogP contribution in [0.5, 0.6) is 5.75 Å². The van der Waals surface area contributed by atoms with Gasteiger partial charge in [-0.25, -0.2) is 22.0 Å². The molecule has 0 aromatic heterocycles. The lowest BCUT2D eigenvalue weighted by Crippen LogP contribution is -2.20. The van der Waals surface area contributed by atoms with Gasteiger partial charge in [-0.05, 0) is 0 Å². The summed E-state index contributed by atoms with van der Waals surface area (Å²) in [6, 6.07) is 0. The Morgan fingerprint density at radius 2 is 1.44 bits per heavy atom. The summed E-state index contributed by atoms with van der Waals surface area (Å²) in [6.07, 6.45) is -1.80. The topological polar surface area (TPSA) is 110 Å². The van der Waals surface area contributed by atoms with Crippen LogP contribution in [0.25, 0.3) is 0 Å². The van der Waals surface area contributed by atoms with Crippen LogP contribution in [-0.4, -0.2) is 19.1 Å². The van der Waals surface area contributed by atoms with Crippen molar-refractivity contribution in [2.75, 3.05) is 0 Å². The van der Waals surface area contributed by atoms with E-state index in [2.05, 4.69) is 10.5 Å². The highest BCUT2D eigenvalue weighted by atomic mass is 32.2. The van der Waals surface area contributed by atoms with Gasteiger partial charge in [-0.15, -0.1) is 0 Å². The maximum absolute atomic E-state index is 13.1. The van der Waals surface area contributed by atoms with E-state index in [0.717, 1.165) is 0 Å². The van der Waals surface area contributed by atoms with E-state index in [1.807, 2.05) is 0 Å². The fourth-order valence-corrected chi connectivity index (χ4v) is 1.62. The number of hydrogen-bond donors (Lipinski definition) is 1. The SMILES string of the molecule is NC(=O)Oc1c(F)c(F)c(S(=O)(=O)[O-])c(F)c1F. The number of benzene rings is 1. The maximum atomic E-state index is 13.1. The van der Waals surface area contributed by atoms with E-state index in [0.29, 0.717) is 0 Å². The molecule has 18 heavy (non-hydrogen) atoms. The summed E-state index contributed by atoms with van der Waals surface area (Å²) in [4.78, 5) is 7.87. The number of rotatable bonds is 2. The van der Waals surface area contributed by atoms with Gasteiger partial charge in [0.1, 0.15) is 15.0 Å². The number of ether oxygens (including phenoxy) is 1. The Balaban J connectivity index is 3.72. The molecule has 6 nitrogen and oxygen atoms in total. The molecule has 1 aromatic carbocycles. The number of halogens is 4. The molecule has 0 radical (unpaired) electrons. The lowest BCUT2D eigenvalue weighted by atomic mass is 10.3. The predicted molar refractivity (Wildman–Crippen MR) is 44.4 cm³/mol. The monoisotopic (exact) mass is 288 g/mol. The molecule has 0 fully saturated rings. The highest BCUT2D eigenvalue weighted by molar-refractivity contribution is 7.85. The van der Waals surface area contributed by atoms with Crippen molar-refractivity contribution in [1.82, 2.24) is 0 Å². The minimum absolute atomic E-state index is 1.80. The summed E-state index contributed by atoms with van der Waals surface area (Å²) in [5, 5.41) is 0. The van der Waals surface area contributed by atoms with E-state index >= 15 is 0 Å². The molecule has 1 rings (SSSR count). The Labute approximate surface area is 96.7 Å². The first-order valence-electron chi connectivity index (χ1n) is 3.86. The van der Waals surface area contributed by atoms with E-state index in [9.17, 15) is 35.3 Å². The number of primary amides is 1. The van der Waals surface area contributed by atoms with Crippen LogP contribution in [-0.2, 0) is 10.1 Å². The third-order valence-corrected chi connectivity index (χ3v) is 2.49. The first-order valence-corrected chi connectivity index (χ1v) is 5.27. The summed E-state index contributed by atoms with van der Waals surface area (Å²) in [7, 11) is -5.81. The summed E-state index contributed by atoms with van der Waals surface area (Å²) in [5.41, 5.74) is 4.37. The normalized spacial score (nSPS) is 11.4. The highest BCUT2D eigenvalue weighted by Gasteiger charge is 2.30. The largest absolute Gasteiger partial charge is 0.744 e. The Hall–Kier alpha value is -1.88. The maximum Gasteiger partial charge on any atom is 0.410 e. The fraction of sp³-hybridized carbons (Fsp3) is 0. The summed E-state index contributed by atoms with van der Waals surface area (Å²) >= 11 is 0. The Bertz CT molecular complexity index is 600. The highest BCUT2D eigenvalue weighted by Crippen LogP contribution is 2.32. The molecular weight excluding hydrogens is 286 g/mol. The Morgan fingerprint density at radius 3 is 1.72 bits per heavy atom. The van der Waals surface area contributed by atoms with Gasteiger partial charge in [-0.2, -0.15) is 8.78 Å². The number of carbonyl (C=O) groups is 1. The second-order valence-electron chi connectivity index (χ2n) is 2.79. The minimum atomic E-state index is -5.81. The van der Waals surface area contributed by atoms with Gasteiger partial charge in [0.15, 0.2) is 11.6 Å². The van der Waals surface area contributed by atoms with E-state index in [1.165, 1.54) is 0 Å². The third-order valence-electron chi connectivity index (χ3n) is 1.64. The second-order valence-corrected chi connectivity index (χ2v) is 4.11. The van der Waals surface area contributed by atoms with Crippen LogP contribution in [0.2, 0.25) is 0 Å². The van der Waals surface area contributed by atoms with Crippen molar-refractivity contribution in [3.63, 3.8) is 0 Å². The first-order chi connectivity index (χ1) is 8.07. The fourth-order valence-electron chi connectivity index (χ4n) is 1.00. The Morgan fingerprint density at radius 1 is 1.06 bits per heavy atom. The van der Waals surface area contributed by atoms with Crippen LogP contribution in [0.4, 0.5) is 22.4 Å². The zero-order valence-corrected chi connectivity index (χ0v) is 8.86. The molecule has 0 spiro atoms. The molecule has 0 saturated heterocycles. The summed E-state index contributed by atoms with van der Waals surface area (Å²) in [5.74, 6) is -11.7. The summed E-state index contributed by atoms with van der Waals surface area (Å²) < 4.78 is 87.1. The standard InChI is InChI=1S/C7H3F4NO5S/c8-1-3(10)6(18(14,15)16)4(11)2(9)5(1)17-7(12)13/h(H2,12,13)(H,14,15,16)/p-1. The second kappa shape index (κ2) is 4.42. The average molecular weight is 288 g/mol. The molecule has 0 atom stereocenters. The van der Waals surface area contributed by atoms with E-state index < -0.39 is 50.1 Å². The smallest absolute Gasteiger partial charge is 0.410 e. The zero-order valence-electron chi connectivity index (χ0n) is 8.04. The van der Waals surface area contributed by atoms with Crippen LogP contribution in [0.3, 0.4) is 0 Å². The van der Waals surface area contributed by atoms with Gasteiger partial charge in [0.05, 0.1) is 0 Å². The number of carbonyl (C=O) groups excluding carboxylic acids is 1. The Kier molecular flexibility index (Phi) is 3.48. The van der Waals surface area contributed by atoms with E-state index in [4.69, 9.17) is 0 Å². The lowest BCUT2D eigenvalue weighted by molar-refractivity contribution is 0.204. The third kappa shape index (κ3) is 2.36. The van der Waals surface area contributed by atoms with Crippen molar-refractivity contribution in [1.29, 1.82) is 0 Å². The van der Waals surface area contributed by atoms with Crippen molar-refractivity contribution < 1.29 is 40.1 Å². The number of hydrogen-bond acceptors (Lipinski definition) is 5. The van der Waals surface area contributed by atoms with Crippen LogP contribution in [0, 0.1) is 23.3 Å². The molecule has 1 aromatic rings. The van der Waals surface area contributed by atoms with Gasteiger partial charge in [-0.3, -0.25) is 0 Å². The molecule has 0 saturated carbocycles. The molecule has 0 heterocycles. The van der Waals surface area contributed by atoms with E-state index in [-0.39, 0.29) is 0 Å². The molecule has 2 N–H and O–H groups in total. The van der Waals surface area contributed by atoms with Crippen molar-refractivity contribution in [2.45, 2.75) is 4.90 Å². The molecule has 0 aliphatic heterocycles. The molecule has 1 amide bonds. The van der Waals surface area contributed by atoms with Crippen molar-refractivity contribution in [3.8, 4) is 5.75 Å². The molecule has 0 aliphatic rings. The van der Waals surface area contributed by atoms with Crippen molar-refractivity contribution in [2.24, 2.45) is 5.73 Å². The zero-order chi connectivity index (χ0) is 14.2. The number of nitrogens with two attached hydrogens (primary N) is 1. The molecular formula is C7H2F4NO5S-. The predicted octanol–water partition coefficient (Wildman–Crippen LogP) is 0.605. The summed E-state index contributed by atoms with van der Waals surface area (Å²) in [6.45, 7) is 0. The lowest BCUT2D eigenvalue weighted by Gasteiger charge is -2.13. The number of amides is 1. The average Bonchev–Trinajstić information content (AvgIpc) is 2.19. The molecule has 100 valence electrons. The van der Waals surface area contributed by atoms with Gasteiger partial charge in [0.25, 0.3) is 0 Å². The van der Waals surface area contributed by atoms with Crippen LogP contribution in [0.15, 0.2) is 4.90 Å². The minimum Gasteiger partial charge on any atom is -0.744 e. The van der Waals surface area contributed by atoms with Gasteiger partial charge < -0.3 is 15.0 Å². The van der Waals surface area contributed by atoms with Crippen LogP contribution >= 0.6 is 0 Å². The van der Waals surface area contributed by atoms with Crippen molar-refractivity contribution in [3.05, 3.63) is 23.3 Å². The van der Waals surface area contributed by atoms with Gasteiger partial charge in [0, 0.05) is 0 Å². The molecule has 0 aliphatic carbocycles. The van der Waals surface area contributed by atoms with Gasteiger partial charge in [-0.1, -0.05) is 0 Å². The molecule has 11 heteroatoms.